The Morgan fingerprint density at radius 1 is 1.50 bits per heavy atom. The molecule has 46 valence electrons. The molecule has 0 N–H and O–H groups in total. The lowest BCUT2D eigenvalue weighted by Gasteiger charge is -2.07. The van der Waals surface area contributed by atoms with Gasteiger partial charge in [0.1, 0.15) is 0 Å². The molecule has 3 atom stereocenters. The highest BCUT2D eigenvalue weighted by molar-refractivity contribution is 4.97. The molecule has 2 aliphatic rings. The van der Waals surface area contributed by atoms with Gasteiger partial charge in [0.15, 0.2) is 0 Å². The molecule has 1 saturated heterocycles. The van der Waals surface area contributed by atoms with Crippen LogP contribution >= 0.6 is 0 Å². The first-order chi connectivity index (χ1) is 3.89. The minimum atomic E-state index is 0.670. The molecule has 1 aliphatic carbocycles. The second-order valence-electron chi connectivity index (χ2n) is 3.00. The molecule has 1 nitrogen and oxygen atoms in total. The lowest BCUT2D eigenvalue weighted by atomic mass is 10.2. The van der Waals surface area contributed by atoms with Gasteiger partial charge in [0.05, 0.1) is 6.10 Å². The molecule has 0 aromatic carbocycles. The second-order valence-corrected chi connectivity index (χ2v) is 3.00. The topological polar surface area (TPSA) is 9.23 Å². The Labute approximate surface area is 50.0 Å². The standard InChI is InChI=1S/C7H12O/c1-5-6-3-2-4-8-7(5)6/h5-7H,2-4H2,1H3. The van der Waals surface area contributed by atoms with E-state index in [2.05, 4.69) is 6.92 Å². The summed E-state index contributed by atoms with van der Waals surface area (Å²) in [6, 6.07) is 0. The van der Waals surface area contributed by atoms with E-state index in [1.54, 1.807) is 0 Å². The maximum absolute atomic E-state index is 5.46. The van der Waals surface area contributed by atoms with Gasteiger partial charge in [-0.05, 0) is 24.7 Å². The van der Waals surface area contributed by atoms with Crippen molar-refractivity contribution in [3.63, 3.8) is 0 Å². The summed E-state index contributed by atoms with van der Waals surface area (Å²) in [5, 5.41) is 0. The van der Waals surface area contributed by atoms with E-state index in [4.69, 9.17) is 4.74 Å². The average Bonchev–Trinajstić information content (AvgIpc) is 2.46. The fraction of sp³-hybridized carbons (Fsp3) is 1.00. The zero-order valence-electron chi connectivity index (χ0n) is 5.26. The van der Waals surface area contributed by atoms with Crippen molar-refractivity contribution in [3.8, 4) is 0 Å². The maximum atomic E-state index is 5.46. The zero-order chi connectivity index (χ0) is 5.56. The van der Waals surface area contributed by atoms with Crippen molar-refractivity contribution >= 4 is 0 Å². The monoisotopic (exact) mass is 112 g/mol. The maximum Gasteiger partial charge on any atom is 0.0635 e. The van der Waals surface area contributed by atoms with Gasteiger partial charge in [-0.1, -0.05) is 6.92 Å². The number of hydrogen-bond donors (Lipinski definition) is 0. The molecule has 1 heteroatoms. The largest absolute Gasteiger partial charge is 0.378 e. The summed E-state index contributed by atoms with van der Waals surface area (Å²) in [7, 11) is 0. The molecule has 8 heavy (non-hydrogen) atoms. The summed E-state index contributed by atoms with van der Waals surface area (Å²) in [4.78, 5) is 0. The first-order valence-corrected chi connectivity index (χ1v) is 3.51. The SMILES string of the molecule is CC1C2CCCOC12. The van der Waals surface area contributed by atoms with Crippen LogP contribution in [0.3, 0.4) is 0 Å². The van der Waals surface area contributed by atoms with E-state index < -0.39 is 0 Å². The van der Waals surface area contributed by atoms with E-state index in [0.29, 0.717) is 6.10 Å². The quantitative estimate of drug-likeness (QED) is 0.460. The molecule has 0 spiro atoms. The average molecular weight is 112 g/mol. The van der Waals surface area contributed by atoms with Gasteiger partial charge in [-0.15, -0.1) is 0 Å². The highest BCUT2D eigenvalue weighted by atomic mass is 16.5. The highest BCUT2D eigenvalue weighted by Gasteiger charge is 2.48. The molecule has 3 unspecified atom stereocenters. The Morgan fingerprint density at radius 2 is 2.38 bits per heavy atom. The first kappa shape index (κ1) is 4.80. The van der Waals surface area contributed by atoms with Crippen LogP contribution in [0.1, 0.15) is 19.8 Å². The highest BCUT2D eigenvalue weighted by Crippen LogP contribution is 2.47. The van der Waals surface area contributed by atoms with Gasteiger partial charge in [0.25, 0.3) is 0 Å². The van der Waals surface area contributed by atoms with E-state index >= 15 is 0 Å². The van der Waals surface area contributed by atoms with E-state index in [1.165, 1.54) is 12.8 Å². The lowest BCUT2D eigenvalue weighted by Crippen LogP contribution is -2.05. The van der Waals surface area contributed by atoms with Gasteiger partial charge in [0.2, 0.25) is 0 Å². The van der Waals surface area contributed by atoms with Crippen molar-refractivity contribution in [2.75, 3.05) is 6.61 Å². The molecule has 0 bridgehead atoms. The van der Waals surface area contributed by atoms with E-state index in [-0.39, 0.29) is 0 Å². The van der Waals surface area contributed by atoms with Crippen molar-refractivity contribution in [3.05, 3.63) is 0 Å². The number of fused-ring (bicyclic) bond motifs is 1. The Hall–Kier alpha value is -0.0400. The Balaban J connectivity index is 1.97. The molecular weight excluding hydrogens is 100 g/mol. The molecule has 2 fully saturated rings. The van der Waals surface area contributed by atoms with Crippen LogP contribution in [0.2, 0.25) is 0 Å². The van der Waals surface area contributed by atoms with Gasteiger partial charge in [-0.3, -0.25) is 0 Å². The molecule has 1 saturated carbocycles. The molecule has 0 aromatic rings. The third-order valence-electron chi connectivity index (χ3n) is 2.47. The van der Waals surface area contributed by atoms with Crippen LogP contribution in [0.5, 0.6) is 0 Å². The van der Waals surface area contributed by atoms with Crippen LogP contribution in [0.15, 0.2) is 0 Å². The number of rotatable bonds is 0. The van der Waals surface area contributed by atoms with Gasteiger partial charge in [0, 0.05) is 6.61 Å². The van der Waals surface area contributed by atoms with E-state index in [9.17, 15) is 0 Å². The predicted octanol–water partition coefficient (Wildman–Crippen LogP) is 1.43. The minimum Gasteiger partial charge on any atom is -0.378 e. The van der Waals surface area contributed by atoms with Crippen molar-refractivity contribution in [1.29, 1.82) is 0 Å². The van der Waals surface area contributed by atoms with Crippen molar-refractivity contribution in [1.82, 2.24) is 0 Å². The molecule has 1 aliphatic heterocycles. The summed E-state index contributed by atoms with van der Waals surface area (Å²) >= 11 is 0. The van der Waals surface area contributed by atoms with Gasteiger partial charge >= 0.3 is 0 Å². The van der Waals surface area contributed by atoms with E-state index in [0.717, 1.165) is 18.4 Å². The Morgan fingerprint density at radius 3 is 2.88 bits per heavy atom. The summed E-state index contributed by atoms with van der Waals surface area (Å²) in [6.45, 7) is 3.31. The zero-order valence-corrected chi connectivity index (χ0v) is 5.26. The third kappa shape index (κ3) is 0.510. The van der Waals surface area contributed by atoms with E-state index in [1.807, 2.05) is 0 Å². The summed E-state index contributed by atoms with van der Waals surface area (Å²) in [6.07, 6.45) is 3.39. The summed E-state index contributed by atoms with van der Waals surface area (Å²) in [5.41, 5.74) is 0. The van der Waals surface area contributed by atoms with Crippen molar-refractivity contribution < 1.29 is 4.74 Å². The smallest absolute Gasteiger partial charge is 0.0635 e. The number of hydrogen-bond acceptors (Lipinski definition) is 1. The summed E-state index contributed by atoms with van der Waals surface area (Å²) < 4.78 is 5.46. The minimum absolute atomic E-state index is 0.670. The van der Waals surface area contributed by atoms with Crippen LogP contribution in [0, 0.1) is 11.8 Å². The molecule has 0 radical (unpaired) electrons. The van der Waals surface area contributed by atoms with Crippen molar-refractivity contribution in [2.45, 2.75) is 25.9 Å². The lowest BCUT2D eigenvalue weighted by molar-refractivity contribution is 0.0761. The van der Waals surface area contributed by atoms with Gasteiger partial charge in [-0.2, -0.15) is 0 Å². The molecule has 0 amide bonds. The normalized spacial score (nSPS) is 52.9. The second kappa shape index (κ2) is 1.47. The van der Waals surface area contributed by atoms with Crippen LogP contribution in [0.4, 0.5) is 0 Å². The van der Waals surface area contributed by atoms with Gasteiger partial charge < -0.3 is 4.74 Å². The Bertz CT molecular complexity index is 88.6. The predicted molar refractivity (Wildman–Crippen MR) is 31.6 cm³/mol. The van der Waals surface area contributed by atoms with Crippen LogP contribution < -0.4 is 0 Å². The summed E-state index contributed by atoms with van der Waals surface area (Å²) in [5.74, 6) is 1.83. The van der Waals surface area contributed by atoms with Crippen LogP contribution in [-0.2, 0) is 4.74 Å². The fourth-order valence-electron chi connectivity index (χ4n) is 1.75. The number of ether oxygens (including phenoxy) is 1. The van der Waals surface area contributed by atoms with Crippen LogP contribution in [0.25, 0.3) is 0 Å². The van der Waals surface area contributed by atoms with Crippen molar-refractivity contribution in [2.24, 2.45) is 11.8 Å². The fourth-order valence-corrected chi connectivity index (χ4v) is 1.75. The third-order valence-corrected chi connectivity index (χ3v) is 2.47. The Kier molecular flexibility index (Phi) is 0.884. The van der Waals surface area contributed by atoms with Crippen LogP contribution in [-0.4, -0.2) is 12.7 Å². The molecule has 0 aromatic heterocycles. The first-order valence-electron chi connectivity index (χ1n) is 3.51. The van der Waals surface area contributed by atoms with Gasteiger partial charge in [-0.25, -0.2) is 0 Å². The molecule has 1 heterocycles. The molecule has 2 rings (SSSR count). The molecular formula is C7H12O.